The van der Waals surface area contributed by atoms with Crippen LogP contribution < -0.4 is 23.8 Å². The number of sulfonamides is 1. The van der Waals surface area contributed by atoms with Gasteiger partial charge in [-0.2, -0.15) is 0 Å². The Morgan fingerprint density at radius 2 is 1.62 bits per heavy atom. The van der Waals surface area contributed by atoms with Crippen LogP contribution >= 0.6 is 0 Å². The van der Waals surface area contributed by atoms with Crippen LogP contribution in [0.3, 0.4) is 0 Å². The summed E-state index contributed by atoms with van der Waals surface area (Å²) in [4.78, 5) is 12.6. The summed E-state index contributed by atoms with van der Waals surface area (Å²) in [5, 5.41) is 2.84. The number of ether oxygens (including phenoxy) is 3. The fourth-order valence-corrected chi connectivity index (χ4v) is 3.41. The summed E-state index contributed by atoms with van der Waals surface area (Å²) in [6.45, 7) is 2.01. The largest absolute Gasteiger partial charge is 0.493 e. The second-order valence-electron chi connectivity index (χ2n) is 6.45. The Kier molecular flexibility index (Phi) is 6.97. The van der Waals surface area contributed by atoms with Gasteiger partial charge in [-0.05, 0) is 48.4 Å². The molecule has 158 valence electrons. The lowest BCUT2D eigenvalue weighted by Gasteiger charge is -2.19. The molecular formula is C20H26N2O6S. The molecule has 2 aromatic carbocycles. The van der Waals surface area contributed by atoms with Crippen molar-refractivity contribution >= 4 is 21.6 Å². The van der Waals surface area contributed by atoms with Gasteiger partial charge in [0.15, 0.2) is 11.5 Å². The number of nitrogens with one attached hydrogen (secondary N) is 1. The molecule has 29 heavy (non-hydrogen) atoms. The molecule has 1 N–H and O–H groups in total. The van der Waals surface area contributed by atoms with E-state index in [1.54, 1.807) is 37.3 Å². The lowest BCUT2D eigenvalue weighted by atomic mass is 10.1. The van der Waals surface area contributed by atoms with Gasteiger partial charge in [0, 0.05) is 19.2 Å². The van der Waals surface area contributed by atoms with Gasteiger partial charge in [-0.1, -0.05) is 0 Å². The fourth-order valence-electron chi connectivity index (χ4n) is 2.85. The Balaban J connectivity index is 2.18. The van der Waals surface area contributed by atoms with Crippen molar-refractivity contribution in [1.82, 2.24) is 5.32 Å². The number of nitrogens with zero attached hydrogens (tertiary/aromatic N) is 1. The molecule has 0 aliphatic rings. The highest BCUT2D eigenvalue weighted by molar-refractivity contribution is 7.92. The topological polar surface area (TPSA) is 94.2 Å². The predicted molar refractivity (Wildman–Crippen MR) is 112 cm³/mol. The van der Waals surface area contributed by atoms with Crippen molar-refractivity contribution in [3.05, 3.63) is 47.0 Å². The van der Waals surface area contributed by atoms with Gasteiger partial charge in [0.05, 0.1) is 33.3 Å². The molecule has 2 aromatic rings. The first-order valence-corrected chi connectivity index (χ1v) is 10.6. The summed E-state index contributed by atoms with van der Waals surface area (Å²) in [5.74, 6) is 1.20. The maximum Gasteiger partial charge on any atom is 0.251 e. The molecule has 0 unspecified atom stereocenters. The maximum absolute atomic E-state index is 12.6. The van der Waals surface area contributed by atoms with Crippen LogP contribution in [0.15, 0.2) is 30.3 Å². The van der Waals surface area contributed by atoms with E-state index in [2.05, 4.69) is 5.32 Å². The zero-order chi connectivity index (χ0) is 21.8. The third-order valence-electron chi connectivity index (χ3n) is 4.47. The predicted octanol–water partition coefficient (Wildman–Crippen LogP) is 2.35. The van der Waals surface area contributed by atoms with Gasteiger partial charge in [0.1, 0.15) is 0 Å². The molecule has 0 aliphatic carbocycles. The highest BCUT2D eigenvalue weighted by Crippen LogP contribution is 2.38. The van der Waals surface area contributed by atoms with Crippen LogP contribution in [0.4, 0.5) is 5.69 Å². The quantitative estimate of drug-likeness (QED) is 0.702. The minimum atomic E-state index is -3.38. The van der Waals surface area contributed by atoms with Gasteiger partial charge in [-0.15, -0.1) is 0 Å². The Hall–Kier alpha value is -2.94. The number of hydrogen-bond donors (Lipinski definition) is 1. The van der Waals surface area contributed by atoms with Gasteiger partial charge >= 0.3 is 0 Å². The fraction of sp³-hybridized carbons (Fsp3) is 0.350. The summed E-state index contributed by atoms with van der Waals surface area (Å²) in [6.07, 6.45) is 1.13. The summed E-state index contributed by atoms with van der Waals surface area (Å²) < 4.78 is 40.6. The molecule has 0 saturated heterocycles. The first kappa shape index (κ1) is 22.4. The van der Waals surface area contributed by atoms with E-state index >= 15 is 0 Å². The summed E-state index contributed by atoms with van der Waals surface area (Å²) >= 11 is 0. The van der Waals surface area contributed by atoms with Gasteiger partial charge in [0.25, 0.3) is 5.91 Å². The molecule has 0 radical (unpaired) electrons. The zero-order valence-electron chi connectivity index (χ0n) is 17.4. The molecule has 0 aliphatic heterocycles. The smallest absolute Gasteiger partial charge is 0.251 e. The average Bonchev–Trinajstić information content (AvgIpc) is 2.69. The summed E-state index contributed by atoms with van der Waals surface area (Å²) in [6, 6.07) is 8.38. The lowest BCUT2D eigenvalue weighted by molar-refractivity contribution is 0.0950. The van der Waals surface area contributed by atoms with Crippen molar-refractivity contribution in [2.24, 2.45) is 0 Å². The van der Waals surface area contributed by atoms with Crippen molar-refractivity contribution in [2.75, 3.05) is 38.9 Å². The van der Waals surface area contributed by atoms with E-state index in [1.165, 1.54) is 32.7 Å². The molecule has 1 amide bonds. The first-order valence-electron chi connectivity index (χ1n) is 8.74. The highest BCUT2D eigenvalue weighted by Gasteiger charge is 2.17. The van der Waals surface area contributed by atoms with E-state index < -0.39 is 10.0 Å². The number of carbonyl (C=O) groups excluding carboxylic acids is 1. The minimum Gasteiger partial charge on any atom is -0.493 e. The Labute approximate surface area is 171 Å². The normalized spacial score (nSPS) is 11.0. The molecule has 0 aromatic heterocycles. The number of hydrogen-bond acceptors (Lipinski definition) is 6. The van der Waals surface area contributed by atoms with E-state index in [0.29, 0.717) is 34.1 Å². The molecule has 0 atom stereocenters. The molecule has 9 heteroatoms. The van der Waals surface area contributed by atoms with E-state index in [9.17, 15) is 13.2 Å². The minimum absolute atomic E-state index is 0.250. The van der Waals surface area contributed by atoms with E-state index in [0.717, 1.165) is 11.8 Å². The van der Waals surface area contributed by atoms with Crippen LogP contribution in [0.5, 0.6) is 17.2 Å². The monoisotopic (exact) mass is 422 g/mol. The van der Waals surface area contributed by atoms with Crippen molar-refractivity contribution in [1.29, 1.82) is 0 Å². The Morgan fingerprint density at radius 1 is 1.03 bits per heavy atom. The second-order valence-corrected chi connectivity index (χ2v) is 8.46. The second kappa shape index (κ2) is 9.04. The van der Waals surface area contributed by atoms with E-state index in [-0.39, 0.29) is 12.5 Å². The van der Waals surface area contributed by atoms with Crippen molar-refractivity contribution in [3.8, 4) is 17.2 Å². The van der Waals surface area contributed by atoms with Crippen LogP contribution in [-0.4, -0.2) is 49.0 Å². The molecule has 0 bridgehead atoms. The molecule has 8 nitrogen and oxygen atoms in total. The summed E-state index contributed by atoms with van der Waals surface area (Å²) in [7, 11) is 2.67. The van der Waals surface area contributed by atoms with Crippen molar-refractivity contribution < 1.29 is 27.4 Å². The Morgan fingerprint density at radius 3 is 2.07 bits per heavy atom. The van der Waals surface area contributed by atoms with Crippen LogP contribution in [0.2, 0.25) is 0 Å². The van der Waals surface area contributed by atoms with Crippen LogP contribution in [0, 0.1) is 6.92 Å². The van der Waals surface area contributed by atoms with Crippen LogP contribution in [0.25, 0.3) is 0 Å². The number of amides is 1. The third-order valence-corrected chi connectivity index (χ3v) is 5.66. The highest BCUT2D eigenvalue weighted by atomic mass is 32.2. The average molecular weight is 423 g/mol. The van der Waals surface area contributed by atoms with Crippen molar-refractivity contribution in [2.45, 2.75) is 13.5 Å². The number of benzene rings is 2. The van der Waals surface area contributed by atoms with Crippen molar-refractivity contribution in [3.63, 3.8) is 0 Å². The van der Waals surface area contributed by atoms with Gasteiger partial charge in [-0.3, -0.25) is 9.10 Å². The van der Waals surface area contributed by atoms with Gasteiger partial charge < -0.3 is 19.5 Å². The van der Waals surface area contributed by atoms with Gasteiger partial charge in [0.2, 0.25) is 15.8 Å². The molecular weight excluding hydrogens is 396 g/mol. The lowest BCUT2D eigenvalue weighted by Crippen LogP contribution is -2.26. The number of carbonyl (C=O) groups is 1. The van der Waals surface area contributed by atoms with E-state index in [4.69, 9.17) is 14.2 Å². The number of aryl methyl sites for hydroxylation is 1. The number of anilines is 1. The zero-order valence-corrected chi connectivity index (χ0v) is 18.2. The van der Waals surface area contributed by atoms with Gasteiger partial charge in [-0.25, -0.2) is 8.42 Å². The molecule has 0 fully saturated rings. The van der Waals surface area contributed by atoms with Crippen LogP contribution in [-0.2, 0) is 16.6 Å². The number of rotatable bonds is 8. The molecule has 0 heterocycles. The SMILES string of the molecule is COc1cc(CNC(=O)c2ccc(N(C)S(C)(=O)=O)c(C)c2)cc(OC)c1OC. The molecule has 2 rings (SSSR count). The summed E-state index contributed by atoms with van der Waals surface area (Å²) in [5.41, 5.74) is 2.41. The molecule has 0 saturated carbocycles. The van der Waals surface area contributed by atoms with E-state index in [1.807, 2.05) is 0 Å². The van der Waals surface area contributed by atoms with Crippen LogP contribution in [0.1, 0.15) is 21.5 Å². The standard InChI is InChI=1S/C20H26N2O6S/c1-13-9-15(7-8-16(13)22(2)29(6,24)25)20(23)21-12-14-10-17(26-3)19(28-5)18(11-14)27-4/h7-11H,12H2,1-6H3,(H,21,23). The number of methoxy groups -OCH3 is 3. The maximum atomic E-state index is 12.6. The Bertz CT molecular complexity index is 979. The third kappa shape index (κ3) is 5.11. The first-order chi connectivity index (χ1) is 13.6. The molecule has 0 spiro atoms.